The summed E-state index contributed by atoms with van der Waals surface area (Å²) in [6.45, 7) is 10.8. The van der Waals surface area contributed by atoms with Gasteiger partial charge in [0.25, 0.3) is 0 Å². The predicted octanol–water partition coefficient (Wildman–Crippen LogP) is 9.22. The average molecular weight is 509 g/mol. The zero-order valence-electron chi connectivity index (χ0n) is 21.5. The Bertz CT molecular complexity index is 1490. The summed E-state index contributed by atoms with van der Waals surface area (Å²) in [5.74, 6) is 2.19. The van der Waals surface area contributed by atoms with E-state index in [1.54, 1.807) is 0 Å². The van der Waals surface area contributed by atoms with Gasteiger partial charge in [0.05, 0.1) is 0 Å². The van der Waals surface area contributed by atoms with Crippen molar-refractivity contribution in [2.24, 2.45) is 0 Å². The van der Waals surface area contributed by atoms with Crippen LogP contribution in [0.5, 0.6) is 0 Å². The first-order valence-corrected chi connectivity index (χ1v) is 15.2. The van der Waals surface area contributed by atoms with Gasteiger partial charge in [-0.05, 0) is 76.2 Å². The maximum absolute atomic E-state index is 2.51. The molecule has 182 valence electrons. The van der Waals surface area contributed by atoms with Crippen LogP contribution in [0.15, 0.2) is 72.8 Å². The minimum atomic E-state index is 1.03. The second-order valence-corrected chi connectivity index (χ2v) is 12.7. The van der Waals surface area contributed by atoms with E-state index >= 15 is 0 Å². The van der Waals surface area contributed by atoms with Crippen molar-refractivity contribution in [2.75, 3.05) is 11.5 Å². The van der Waals surface area contributed by atoms with Gasteiger partial charge in [0.15, 0.2) is 0 Å². The molecule has 2 heterocycles. The lowest BCUT2D eigenvalue weighted by atomic mass is 10.1. The fourth-order valence-corrected chi connectivity index (χ4v) is 7.42. The van der Waals surface area contributed by atoms with Gasteiger partial charge in [-0.25, -0.2) is 0 Å². The van der Waals surface area contributed by atoms with Gasteiger partial charge in [0, 0.05) is 68.2 Å². The number of benzene rings is 4. The van der Waals surface area contributed by atoms with Crippen molar-refractivity contribution in [3.63, 3.8) is 0 Å². The number of nitrogens with zero attached hydrogens (tertiary/aromatic N) is 2. The molecule has 4 aromatic carbocycles. The van der Waals surface area contributed by atoms with Gasteiger partial charge in [-0.2, -0.15) is 0 Å². The van der Waals surface area contributed by atoms with Gasteiger partial charge in [0.2, 0.25) is 0 Å². The Balaban J connectivity index is 1.16. The third-order valence-corrected chi connectivity index (χ3v) is 9.60. The third kappa shape index (κ3) is 4.21. The van der Waals surface area contributed by atoms with E-state index in [2.05, 4.69) is 110 Å². The van der Waals surface area contributed by atoms with Crippen LogP contribution in [-0.4, -0.2) is 20.6 Å². The number of rotatable bonds is 7. The minimum Gasteiger partial charge on any atom is -0.340 e. The highest BCUT2D eigenvalue weighted by Gasteiger charge is 2.12. The summed E-state index contributed by atoms with van der Waals surface area (Å²) >= 11 is 0. The van der Waals surface area contributed by atoms with E-state index in [1.807, 2.05) is 21.6 Å². The van der Waals surface area contributed by atoms with Crippen molar-refractivity contribution in [3.8, 4) is 0 Å². The summed E-state index contributed by atoms with van der Waals surface area (Å²) in [6.07, 6.45) is 0. The number of fused-ring (bicyclic) bond motifs is 6. The molecule has 6 rings (SSSR count). The highest BCUT2D eigenvalue weighted by molar-refractivity contribution is 8.76. The van der Waals surface area contributed by atoms with Crippen LogP contribution in [0.3, 0.4) is 0 Å². The topological polar surface area (TPSA) is 9.86 Å². The third-order valence-electron chi connectivity index (χ3n) is 7.23. The molecule has 0 aliphatic heterocycles. The van der Waals surface area contributed by atoms with Crippen molar-refractivity contribution < 1.29 is 0 Å². The molecular formula is C32H32N2S2. The normalized spacial score (nSPS) is 12.0. The van der Waals surface area contributed by atoms with Gasteiger partial charge in [-0.15, -0.1) is 0 Å². The number of aryl methyl sites for hydroxylation is 6. The van der Waals surface area contributed by atoms with E-state index in [4.69, 9.17) is 0 Å². The zero-order valence-corrected chi connectivity index (χ0v) is 23.1. The van der Waals surface area contributed by atoms with Crippen LogP contribution in [0.2, 0.25) is 0 Å². The Morgan fingerprint density at radius 3 is 1.00 bits per heavy atom. The van der Waals surface area contributed by atoms with Crippen LogP contribution >= 0.6 is 21.6 Å². The SMILES string of the molecule is Cc1ccc2c(c1)c1cc(C)ccc1n2CCSSCCn1c2ccc(C)cc2c2cc(C)ccc21. The molecule has 36 heavy (non-hydrogen) atoms. The summed E-state index contributed by atoms with van der Waals surface area (Å²) in [6, 6.07) is 27.5. The van der Waals surface area contributed by atoms with Gasteiger partial charge < -0.3 is 9.13 Å². The number of aromatic nitrogens is 2. The predicted molar refractivity (Wildman–Crippen MR) is 163 cm³/mol. The van der Waals surface area contributed by atoms with E-state index in [9.17, 15) is 0 Å². The van der Waals surface area contributed by atoms with Gasteiger partial charge in [-0.3, -0.25) is 0 Å². The summed E-state index contributed by atoms with van der Waals surface area (Å²) in [4.78, 5) is 0. The second kappa shape index (κ2) is 9.57. The molecule has 0 unspecified atom stereocenters. The average Bonchev–Trinajstić information content (AvgIpc) is 3.32. The molecule has 0 bridgehead atoms. The lowest BCUT2D eigenvalue weighted by Gasteiger charge is -2.09. The first-order chi connectivity index (χ1) is 17.5. The molecule has 4 heteroatoms. The highest BCUT2D eigenvalue weighted by atomic mass is 33.1. The molecule has 0 saturated heterocycles. The monoisotopic (exact) mass is 508 g/mol. The zero-order chi connectivity index (χ0) is 24.8. The quantitative estimate of drug-likeness (QED) is 0.157. The first kappa shape index (κ1) is 23.6. The summed E-state index contributed by atoms with van der Waals surface area (Å²) < 4.78 is 5.02. The van der Waals surface area contributed by atoms with Gasteiger partial charge >= 0.3 is 0 Å². The van der Waals surface area contributed by atoms with Crippen LogP contribution in [0, 0.1) is 27.7 Å². The van der Waals surface area contributed by atoms with Crippen molar-refractivity contribution in [1.29, 1.82) is 0 Å². The maximum atomic E-state index is 2.51. The van der Waals surface area contributed by atoms with Gasteiger partial charge in [-0.1, -0.05) is 68.1 Å². The Morgan fingerprint density at radius 2 is 0.722 bits per heavy atom. The second-order valence-electron chi connectivity index (χ2n) is 10.0. The molecule has 2 nitrogen and oxygen atoms in total. The fourth-order valence-electron chi connectivity index (χ4n) is 5.52. The lowest BCUT2D eigenvalue weighted by Crippen LogP contribution is -2.01. The largest absolute Gasteiger partial charge is 0.340 e. The number of hydrogen-bond donors (Lipinski definition) is 0. The van der Waals surface area contributed by atoms with E-state index in [0.717, 1.165) is 24.6 Å². The van der Waals surface area contributed by atoms with Crippen LogP contribution in [0.1, 0.15) is 22.3 Å². The molecule has 0 saturated carbocycles. The smallest absolute Gasteiger partial charge is 0.0491 e. The van der Waals surface area contributed by atoms with Gasteiger partial charge in [0.1, 0.15) is 0 Å². The standard InChI is InChI=1S/C32H32N2S2/c1-21-5-9-29-25(17-21)26-18-22(2)6-10-30(26)33(29)13-15-35-36-16-14-34-31-11-7-23(3)19-27(31)28-20-24(4)8-12-32(28)34/h5-12,17-20H,13-16H2,1-4H3. The molecule has 6 aromatic rings. The minimum absolute atomic E-state index is 1.03. The molecule has 2 aromatic heterocycles. The van der Waals surface area contributed by atoms with Crippen molar-refractivity contribution in [2.45, 2.75) is 40.8 Å². The molecule has 0 radical (unpaired) electrons. The van der Waals surface area contributed by atoms with E-state index in [-0.39, 0.29) is 0 Å². The first-order valence-electron chi connectivity index (χ1n) is 12.7. The highest BCUT2D eigenvalue weighted by Crippen LogP contribution is 2.33. The Kier molecular flexibility index (Phi) is 6.27. The summed E-state index contributed by atoms with van der Waals surface area (Å²) in [5.41, 5.74) is 10.7. The van der Waals surface area contributed by atoms with E-state index in [0.29, 0.717) is 0 Å². The molecule has 0 aliphatic carbocycles. The Labute approximate surface area is 221 Å². The molecule has 0 fully saturated rings. The van der Waals surface area contributed by atoms with Crippen LogP contribution < -0.4 is 0 Å². The van der Waals surface area contributed by atoms with E-state index in [1.165, 1.54) is 65.9 Å². The van der Waals surface area contributed by atoms with Crippen molar-refractivity contribution in [3.05, 3.63) is 95.1 Å². The Morgan fingerprint density at radius 1 is 0.444 bits per heavy atom. The van der Waals surface area contributed by atoms with Crippen molar-refractivity contribution >= 4 is 65.2 Å². The maximum Gasteiger partial charge on any atom is 0.0491 e. The number of hydrogen-bond acceptors (Lipinski definition) is 2. The van der Waals surface area contributed by atoms with Crippen molar-refractivity contribution in [1.82, 2.24) is 9.13 Å². The van der Waals surface area contributed by atoms with Crippen LogP contribution in [0.25, 0.3) is 43.6 Å². The molecule has 0 spiro atoms. The fraction of sp³-hybridized carbons (Fsp3) is 0.250. The Hall–Kier alpha value is -2.82. The molecule has 0 N–H and O–H groups in total. The van der Waals surface area contributed by atoms with Crippen LogP contribution in [-0.2, 0) is 13.1 Å². The lowest BCUT2D eigenvalue weighted by molar-refractivity contribution is 0.836. The molecule has 0 aliphatic rings. The molecule has 0 amide bonds. The van der Waals surface area contributed by atoms with Crippen LogP contribution in [0.4, 0.5) is 0 Å². The molecular weight excluding hydrogens is 477 g/mol. The molecule has 0 atom stereocenters. The summed E-state index contributed by atoms with van der Waals surface area (Å²) in [7, 11) is 3.99. The summed E-state index contributed by atoms with van der Waals surface area (Å²) in [5, 5.41) is 5.51. The van der Waals surface area contributed by atoms with E-state index < -0.39 is 0 Å².